The number of hydrogen-bond donors (Lipinski definition) is 1. The molecule has 0 amide bonds. The minimum Gasteiger partial charge on any atom is -0.381 e. The number of benzene rings is 1. The molecule has 0 heterocycles. The Balaban J connectivity index is 1.79. The molecule has 1 N–H and O–H groups in total. The molecule has 19 heavy (non-hydrogen) atoms. The topological polar surface area (TPSA) is 21.3 Å². The Morgan fingerprint density at radius 3 is 2.53 bits per heavy atom. The Bertz CT molecular complexity index is 383. The van der Waals surface area contributed by atoms with Crippen LogP contribution >= 0.6 is 0 Å². The van der Waals surface area contributed by atoms with Crippen molar-refractivity contribution in [3.05, 3.63) is 35.4 Å². The van der Waals surface area contributed by atoms with Crippen LogP contribution in [0.5, 0.6) is 0 Å². The van der Waals surface area contributed by atoms with E-state index in [0.717, 1.165) is 6.42 Å². The molecule has 0 spiro atoms. The SMILES string of the molecule is COC1CCC(NC(C)Cc2ccccc2C)CC1. The monoisotopic (exact) mass is 261 g/mol. The third-order valence-electron chi connectivity index (χ3n) is 4.32. The van der Waals surface area contributed by atoms with Gasteiger partial charge in [0.2, 0.25) is 0 Å². The molecule has 0 aliphatic heterocycles. The van der Waals surface area contributed by atoms with Gasteiger partial charge in [-0.1, -0.05) is 24.3 Å². The van der Waals surface area contributed by atoms with E-state index in [0.29, 0.717) is 18.2 Å². The van der Waals surface area contributed by atoms with E-state index in [2.05, 4.69) is 43.4 Å². The Morgan fingerprint density at radius 2 is 1.89 bits per heavy atom. The zero-order valence-corrected chi connectivity index (χ0v) is 12.5. The zero-order valence-electron chi connectivity index (χ0n) is 12.5. The lowest BCUT2D eigenvalue weighted by molar-refractivity contribution is 0.0614. The van der Waals surface area contributed by atoms with E-state index in [-0.39, 0.29) is 0 Å². The van der Waals surface area contributed by atoms with Crippen molar-refractivity contribution in [2.45, 2.75) is 64.1 Å². The van der Waals surface area contributed by atoms with Crippen LogP contribution in [0, 0.1) is 6.92 Å². The van der Waals surface area contributed by atoms with Crippen LogP contribution in [0.1, 0.15) is 43.7 Å². The number of hydrogen-bond acceptors (Lipinski definition) is 2. The van der Waals surface area contributed by atoms with Gasteiger partial charge in [-0.25, -0.2) is 0 Å². The van der Waals surface area contributed by atoms with Crippen molar-refractivity contribution in [1.82, 2.24) is 5.32 Å². The Labute approximate surface area is 117 Å². The molecule has 1 unspecified atom stereocenters. The normalized spacial score (nSPS) is 25.2. The molecule has 106 valence electrons. The number of aryl methyl sites for hydroxylation is 1. The standard InChI is InChI=1S/C17H27NO/c1-13-6-4-5-7-15(13)12-14(2)18-16-8-10-17(19-3)11-9-16/h4-7,14,16-18H,8-12H2,1-3H3. The van der Waals surface area contributed by atoms with E-state index in [4.69, 9.17) is 4.74 Å². The summed E-state index contributed by atoms with van der Waals surface area (Å²) in [4.78, 5) is 0. The molecule has 1 aliphatic rings. The number of ether oxygens (including phenoxy) is 1. The summed E-state index contributed by atoms with van der Waals surface area (Å²) in [6.45, 7) is 4.50. The second kappa shape index (κ2) is 7.06. The second-order valence-electron chi connectivity index (χ2n) is 5.91. The first-order valence-electron chi connectivity index (χ1n) is 7.52. The summed E-state index contributed by atoms with van der Waals surface area (Å²) in [5.74, 6) is 0. The minimum absolute atomic E-state index is 0.490. The molecule has 1 saturated carbocycles. The molecule has 0 bridgehead atoms. The van der Waals surface area contributed by atoms with Crippen molar-refractivity contribution in [2.75, 3.05) is 7.11 Å². The van der Waals surface area contributed by atoms with E-state index in [1.807, 2.05) is 7.11 Å². The highest BCUT2D eigenvalue weighted by Gasteiger charge is 2.21. The first-order valence-corrected chi connectivity index (χ1v) is 7.52. The van der Waals surface area contributed by atoms with Crippen LogP contribution in [0.2, 0.25) is 0 Å². The van der Waals surface area contributed by atoms with Crippen molar-refractivity contribution >= 4 is 0 Å². The van der Waals surface area contributed by atoms with Gasteiger partial charge in [0.15, 0.2) is 0 Å². The predicted molar refractivity (Wildman–Crippen MR) is 80.5 cm³/mol. The molecule has 2 nitrogen and oxygen atoms in total. The van der Waals surface area contributed by atoms with Crippen LogP contribution in [-0.4, -0.2) is 25.3 Å². The zero-order chi connectivity index (χ0) is 13.7. The van der Waals surface area contributed by atoms with Crippen LogP contribution in [0.25, 0.3) is 0 Å². The highest BCUT2D eigenvalue weighted by molar-refractivity contribution is 5.26. The van der Waals surface area contributed by atoms with Crippen molar-refractivity contribution in [3.63, 3.8) is 0 Å². The van der Waals surface area contributed by atoms with E-state index >= 15 is 0 Å². The lowest BCUT2D eigenvalue weighted by atomic mass is 9.92. The quantitative estimate of drug-likeness (QED) is 0.876. The van der Waals surface area contributed by atoms with Crippen LogP contribution in [0.3, 0.4) is 0 Å². The van der Waals surface area contributed by atoms with Gasteiger partial charge in [-0.3, -0.25) is 0 Å². The Kier molecular flexibility index (Phi) is 5.41. The highest BCUT2D eigenvalue weighted by Crippen LogP contribution is 2.21. The summed E-state index contributed by atoms with van der Waals surface area (Å²) in [6, 6.07) is 9.92. The summed E-state index contributed by atoms with van der Waals surface area (Å²) in [7, 11) is 1.83. The molecule has 1 aromatic rings. The molecule has 0 aromatic heterocycles. The summed E-state index contributed by atoms with van der Waals surface area (Å²) < 4.78 is 5.43. The van der Waals surface area contributed by atoms with E-state index in [1.165, 1.54) is 36.8 Å². The van der Waals surface area contributed by atoms with Crippen molar-refractivity contribution in [1.29, 1.82) is 0 Å². The van der Waals surface area contributed by atoms with Gasteiger partial charge in [0, 0.05) is 19.2 Å². The fraction of sp³-hybridized carbons (Fsp3) is 0.647. The first-order chi connectivity index (χ1) is 9.19. The third-order valence-corrected chi connectivity index (χ3v) is 4.32. The van der Waals surface area contributed by atoms with Gasteiger partial charge in [-0.2, -0.15) is 0 Å². The molecule has 2 rings (SSSR count). The van der Waals surface area contributed by atoms with Gasteiger partial charge >= 0.3 is 0 Å². The number of methoxy groups -OCH3 is 1. The first kappa shape index (κ1) is 14.5. The molecular weight excluding hydrogens is 234 g/mol. The van der Waals surface area contributed by atoms with Gasteiger partial charge in [-0.05, 0) is 57.1 Å². The summed E-state index contributed by atoms with van der Waals surface area (Å²) >= 11 is 0. The second-order valence-corrected chi connectivity index (χ2v) is 5.91. The lowest BCUT2D eigenvalue weighted by Crippen LogP contribution is -2.41. The number of rotatable bonds is 5. The number of nitrogens with one attached hydrogen (secondary N) is 1. The van der Waals surface area contributed by atoms with Crippen molar-refractivity contribution in [3.8, 4) is 0 Å². The predicted octanol–water partition coefficient (Wildman–Crippen LogP) is 3.47. The maximum atomic E-state index is 5.43. The van der Waals surface area contributed by atoms with Crippen LogP contribution in [0.4, 0.5) is 0 Å². The smallest absolute Gasteiger partial charge is 0.0572 e. The average Bonchev–Trinajstić information content (AvgIpc) is 2.42. The molecule has 1 atom stereocenters. The van der Waals surface area contributed by atoms with Gasteiger partial charge < -0.3 is 10.1 Å². The molecule has 1 aromatic carbocycles. The molecular formula is C17H27NO. The van der Waals surface area contributed by atoms with Crippen LogP contribution in [0.15, 0.2) is 24.3 Å². The van der Waals surface area contributed by atoms with Crippen LogP contribution < -0.4 is 5.32 Å². The van der Waals surface area contributed by atoms with E-state index < -0.39 is 0 Å². The maximum absolute atomic E-state index is 5.43. The maximum Gasteiger partial charge on any atom is 0.0572 e. The van der Waals surface area contributed by atoms with Crippen LogP contribution in [-0.2, 0) is 11.2 Å². The van der Waals surface area contributed by atoms with Crippen molar-refractivity contribution < 1.29 is 4.74 Å². The molecule has 1 fully saturated rings. The Morgan fingerprint density at radius 1 is 1.21 bits per heavy atom. The van der Waals surface area contributed by atoms with Crippen molar-refractivity contribution in [2.24, 2.45) is 0 Å². The molecule has 0 radical (unpaired) electrons. The average molecular weight is 261 g/mol. The van der Waals surface area contributed by atoms with E-state index in [1.54, 1.807) is 0 Å². The van der Waals surface area contributed by atoms with Gasteiger partial charge in [0.05, 0.1) is 6.10 Å². The molecule has 0 saturated heterocycles. The summed E-state index contributed by atoms with van der Waals surface area (Å²) in [6.07, 6.45) is 6.50. The highest BCUT2D eigenvalue weighted by atomic mass is 16.5. The fourth-order valence-electron chi connectivity index (χ4n) is 3.10. The van der Waals surface area contributed by atoms with E-state index in [9.17, 15) is 0 Å². The van der Waals surface area contributed by atoms with Gasteiger partial charge in [0.25, 0.3) is 0 Å². The largest absolute Gasteiger partial charge is 0.381 e. The van der Waals surface area contributed by atoms with Gasteiger partial charge in [0.1, 0.15) is 0 Å². The third kappa shape index (κ3) is 4.32. The molecule has 2 heteroatoms. The Hall–Kier alpha value is -0.860. The molecule has 1 aliphatic carbocycles. The van der Waals surface area contributed by atoms with Gasteiger partial charge in [-0.15, -0.1) is 0 Å². The summed E-state index contributed by atoms with van der Waals surface area (Å²) in [5.41, 5.74) is 2.87. The fourth-order valence-corrected chi connectivity index (χ4v) is 3.10. The lowest BCUT2D eigenvalue weighted by Gasteiger charge is -2.30. The summed E-state index contributed by atoms with van der Waals surface area (Å²) in [5, 5.41) is 3.78. The minimum atomic E-state index is 0.490.